The summed E-state index contributed by atoms with van der Waals surface area (Å²) in [6.45, 7) is 2.72. The Hall–Kier alpha value is -1.01. The fourth-order valence-corrected chi connectivity index (χ4v) is 2.73. The van der Waals surface area contributed by atoms with Gasteiger partial charge in [-0.2, -0.15) is 0 Å². The molecule has 2 aromatic heterocycles. The van der Waals surface area contributed by atoms with Crippen molar-refractivity contribution in [3.05, 3.63) is 32.6 Å². The Labute approximate surface area is 118 Å². The van der Waals surface area contributed by atoms with Crippen LogP contribution in [0.2, 0.25) is 0 Å². The van der Waals surface area contributed by atoms with Gasteiger partial charge in [-0.15, -0.1) is 11.3 Å². The zero-order valence-corrected chi connectivity index (χ0v) is 12.4. The van der Waals surface area contributed by atoms with Gasteiger partial charge in [0, 0.05) is 17.4 Å². The fraction of sp³-hybridized carbons (Fsp3) is 0.417. The highest BCUT2D eigenvalue weighted by atomic mass is 79.9. The maximum Gasteiger partial charge on any atom is 0.135 e. The first-order valence-corrected chi connectivity index (χ1v) is 7.57. The van der Waals surface area contributed by atoms with E-state index < -0.39 is 0 Å². The molecule has 3 rings (SSSR count). The Kier molecular flexibility index (Phi) is 3.30. The highest BCUT2D eigenvalue weighted by molar-refractivity contribution is 9.10. The summed E-state index contributed by atoms with van der Waals surface area (Å²) < 4.78 is 0.844. The van der Waals surface area contributed by atoms with Gasteiger partial charge >= 0.3 is 0 Å². The predicted octanol–water partition coefficient (Wildman–Crippen LogP) is 3.49. The highest BCUT2D eigenvalue weighted by Gasteiger charge is 2.27. The van der Waals surface area contributed by atoms with E-state index in [1.807, 2.05) is 13.0 Å². The van der Waals surface area contributed by atoms with Crippen molar-refractivity contribution in [1.29, 1.82) is 0 Å². The van der Waals surface area contributed by atoms with Crippen molar-refractivity contribution in [2.45, 2.75) is 32.2 Å². The lowest BCUT2D eigenvalue weighted by Crippen LogP contribution is -2.04. The number of halogens is 1. The Morgan fingerprint density at radius 3 is 2.89 bits per heavy atom. The standard InChI is InChI=1S/C12H13BrN4S/c1-7-15-9(6-18-7)5-14-11-4-10(13)16-12(17-11)8-2-3-8/h4,6,8H,2-3,5H2,1H3,(H,14,16,17). The Bertz CT molecular complexity index is 565. The molecule has 2 aromatic rings. The van der Waals surface area contributed by atoms with Crippen LogP contribution in [0.15, 0.2) is 16.0 Å². The molecule has 0 saturated heterocycles. The van der Waals surface area contributed by atoms with Crippen LogP contribution in [0.3, 0.4) is 0 Å². The third kappa shape index (κ3) is 2.87. The minimum atomic E-state index is 0.560. The lowest BCUT2D eigenvalue weighted by Gasteiger charge is -2.06. The Morgan fingerprint density at radius 2 is 2.22 bits per heavy atom. The van der Waals surface area contributed by atoms with Gasteiger partial charge in [-0.3, -0.25) is 0 Å². The van der Waals surface area contributed by atoms with Crippen LogP contribution in [0, 0.1) is 6.92 Å². The van der Waals surface area contributed by atoms with Gasteiger partial charge in [0.25, 0.3) is 0 Å². The molecule has 1 fully saturated rings. The average Bonchev–Trinajstić information content (AvgIpc) is 3.10. The molecule has 1 aliphatic rings. The molecule has 1 N–H and O–H groups in total. The van der Waals surface area contributed by atoms with Gasteiger partial charge in [-0.25, -0.2) is 15.0 Å². The molecule has 94 valence electrons. The smallest absolute Gasteiger partial charge is 0.135 e. The average molecular weight is 325 g/mol. The predicted molar refractivity (Wildman–Crippen MR) is 75.9 cm³/mol. The van der Waals surface area contributed by atoms with E-state index in [2.05, 4.69) is 41.6 Å². The van der Waals surface area contributed by atoms with Gasteiger partial charge in [-0.05, 0) is 35.7 Å². The third-order valence-corrected chi connectivity index (χ3v) is 4.00. The van der Waals surface area contributed by atoms with E-state index in [1.165, 1.54) is 12.8 Å². The molecule has 6 heteroatoms. The number of aryl methyl sites for hydroxylation is 1. The number of aromatic nitrogens is 3. The molecule has 1 saturated carbocycles. The molecule has 0 aromatic carbocycles. The second-order valence-electron chi connectivity index (χ2n) is 4.42. The first-order chi connectivity index (χ1) is 8.70. The fourth-order valence-electron chi connectivity index (χ4n) is 1.72. The van der Waals surface area contributed by atoms with Crippen LogP contribution in [0.4, 0.5) is 5.82 Å². The first-order valence-electron chi connectivity index (χ1n) is 5.90. The molecule has 1 aliphatic carbocycles. The van der Waals surface area contributed by atoms with Gasteiger partial charge in [0.05, 0.1) is 17.2 Å². The van der Waals surface area contributed by atoms with Crippen molar-refractivity contribution in [2.75, 3.05) is 5.32 Å². The number of anilines is 1. The number of nitrogens with one attached hydrogen (secondary N) is 1. The zero-order chi connectivity index (χ0) is 12.5. The van der Waals surface area contributed by atoms with Crippen LogP contribution in [-0.2, 0) is 6.54 Å². The minimum Gasteiger partial charge on any atom is -0.364 e. The summed E-state index contributed by atoms with van der Waals surface area (Å²) in [4.78, 5) is 13.4. The molecular weight excluding hydrogens is 312 g/mol. The molecule has 0 spiro atoms. The van der Waals surface area contributed by atoms with Crippen LogP contribution in [0.25, 0.3) is 0 Å². The lowest BCUT2D eigenvalue weighted by molar-refractivity contribution is 0.907. The summed E-state index contributed by atoms with van der Waals surface area (Å²) >= 11 is 5.10. The largest absolute Gasteiger partial charge is 0.364 e. The minimum absolute atomic E-state index is 0.560. The van der Waals surface area contributed by atoms with Crippen LogP contribution in [0.1, 0.15) is 35.3 Å². The van der Waals surface area contributed by atoms with Gasteiger partial charge in [0.15, 0.2) is 0 Å². The van der Waals surface area contributed by atoms with Crippen molar-refractivity contribution in [3.63, 3.8) is 0 Å². The Morgan fingerprint density at radius 1 is 1.39 bits per heavy atom. The molecule has 0 atom stereocenters. The zero-order valence-electron chi connectivity index (χ0n) is 9.98. The molecule has 2 heterocycles. The maximum atomic E-state index is 4.54. The first kappa shape index (κ1) is 12.0. The number of thiazole rings is 1. The molecule has 0 bridgehead atoms. The molecule has 18 heavy (non-hydrogen) atoms. The van der Waals surface area contributed by atoms with Crippen LogP contribution < -0.4 is 5.32 Å². The van der Waals surface area contributed by atoms with Crippen LogP contribution in [-0.4, -0.2) is 15.0 Å². The van der Waals surface area contributed by atoms with Gasteiger partial charge in [-0.1, -0.05) is 0 Å². The van der Waals surface area contributed by atoms with Crippen molar-refractivity contribution >= 4 is 33.1 Å². The van der Waals surface area contributed by atoms with E-state index in [1.54, 1.807) is 11.3 Å². The van der Waals surface area contributed by atoms with Crippen molar-refractivity contribution in [2.24, 2.45) is 0 Å². The molecular formula is C12H13BrN4S. The molecule has 0 aliphatic heterocycles. The normalized spacial score (nSPS) is 14.8. The van der Waals surface area contributed by atoms with E-state index in [-0.39, 0.29) is 0 Å². The third-order valence-electron chi connectivity index (χ3n) is 2.77. The monoisotopic (exact) mass is 324 g/mol. The van der Waals surface area contributed by atoms with E-state index >= 15 is 0 Å². The van der Waals surface area contributed by atoms with Crippen molar-refractivity contribution < 1.29 is 0 Å². The summed E-state index contributed by atoms with van der Waals surface area (Å²) in [7, 11) is 0. The van der Waals surface area contributed by atoms with E-state index in [0.717, 1.165) is 26.9 Å². The summed E-state index contributed by atoms with van der Waals surface area (Å²) in [6.07, 6.45) is 2.42. The Balaban J connectivity index is 1.71. The topological polar surface area (TPSA) is 50.7 Å². The molecule has 0 amide bonds. The van der Waals surface area contributed by atoms with Crippen LogP contribution >= 0.6 is 27.3 Å². The van der Waals surface area contributed by atoms with E-state index in [0.29, 0.717) is 12.5 Å². The number of rotatable bonds is 4. The number of hydrogen-bond donors (Lipinski definition) is 1. The number of nitrogens with zero attached hydrogens (tertiary/aromatic N) is 3. The lowest BCUT2D eigenvalue weighted by atomic mass is 10.4. The van der Waals surface area contributed by atoms with Crippen LogP contribution in [0.5, 0.6) is 0 Å². The van der Waals surface area contributed by atoms with Crippen molar-refractivity contribution in [1.82, 2.24) is 15.0 Å². The summed E-state index contributed by atoms with van der Waals surface area (Å²) in [5.41, 5.74) is 1.06. The van der Waals surface area contributed by atoms with E-state index in [9.17, 15) is 0 Å². The highest BCUT2D eigenvalue weighted by Crippen LogP contribution is 2.38. The van der Waals surface area contributed by atoms with Gasteiger partial charge < -0.3 is 5.32 Å². The second kappa shape index (κ2) is 4.93. The maximum absolute atomic E-state index is 4.54. The molecule has 4 nitrogen and oxygen atoms in total. The summed E-state index contributed by atoms with van der Waals surface area (Å²) in [5.74, 6) is 2.37. The summed E-state index contributed by atoms with van der Waals surface area (Å²) in [6, 6.07) is 1.91. The molecule has 0 radical (unpaired) electrons. The number of hydrogen-bond acceptors (Lipinski definition) is 5. The quantitative estimate of drug-likeness (QED) is 0.874. The second-order valence-corrected chi connectivity index (χ2v) is 6.29. The van der Waals surface area contributed by atoms with Gasteiger partial charge in [0.1, 0.15) is 16.2 Å². The SMILES string of the molecule is Cc1nc(CNc2cc(Br)nc(C3CC3)n2)cs1. The van der Waals surface area contributed by atoms with Gasteiger partial charge in [0.2, 0.25) is 0 Å². The van der Waals surface area contributed by atoms with E-state index in [4.69, 9.17) is 0 Å². The van der Waals surface area contributed by atoms with Crippen molar-refractivity contribution in [3.8, 4) is 0 Å². The molecule has 0 unspecified atom stereocenters. The summed E-state index contributed by atoms with van der Waals surface area (Å²) in [5, 5.41) is 6.46.